The van der Waals surface area contributed by atoms with Crippen LogP contribution in [-0.4, -0.2) is 9.78 Å². The van der Waals surface area contributed by atoms with Crippen molar-refractivity contribution >= 4 is 0 Å². The molecule has 3 nitrogen and oxygen atoms in total. The molecule has 0 unspecified atom stereocenters. The molecule has 12 heavy (non-hydrogen) atoms. The highest BCUT2D eigenvalue weighted by atomic mass is 15.3. The first-order valence-electron chi connectivity index (χ1n) is 4.63. The summed E-state index contributed by atoms with van der Waals surface area (Å²) in [6.45, 7) is 0.604. The Morgan fingerprint density at radius 3 is 2.83 bits per heavy atom. The Hall–Kier alpha value is -0.830. The van der Waals surface area contributed by atoms with Gasteiger partial charge in [-0.25, -0.2) is 0 Å². The van der Waals surface area contributed by atoms with E-state index >= 15 is 0 Å². The van der Waals surface area contributed by atoms with Gasteiger partial charge in [0.05, 0.1) is 12.2 Å². The third-order valence-corrected chi connectivity index (χ3v) is 2.59. The number of aromatic nitrogens is 2. The molecule has 66 valence electrons. The maximum Gasteiger partial charge on any atom is 0.0534 e. The highest BCUT2D eigenvalue weighted by Gasteiger charge is 2.16. The van der Waals surface area contributed by atoms with Crippen LogP contribution in [0.3, 0.4) is 0 Å². The van der Waals surface area contributed by atoms with Crippen LogP contribution < -0.4 is 5.73 Å². The Morgan fingerprint density at radius 1 is 1.50 bits per heavy atom. The fourth-order valence-corrected chi connectivity index (χ4v) is 1.85. The lowest BCUT2D eigenvalue weighted by Gasteiger charge is -2.08. The van der Waals surface area contributed by atoms with Crippen LogP contribution in [0.2, 0.25) is 0 Å². The van der Waals surface area contributed by atoms with Crippen LogP contribution in [0.4, 0.5) is 0 Å². The first kappa shape index (κ1) is 7.80. The van der Waals surface area contributed by atoms with Crippen molar-refractivity contribution in [2.24, 2.45) is 5.73 Å². The second kappa shape index (κ2) is 3.27. The van der Waals surface area contributed by atoms with E-state index < -0.39 is 0 Å². The average Bonchev–Trinajstić information content (AvgIpc) is 2.75. The molecule has 1 heterocycles. The van der Waals surface area contributed by atoms with Crippen LogP contribution in [0.25, 0.3) is 0 Å². The summed E-state index contributed by atoms with van der Waals surface area (Å²) in [5.74, 6) is 0. The lowest BCUT2D eigenvalue weighted by atomic mass is 10.2. The van der Waals surface area contributed by atoms with Gasteiger partial charge >= 0.3 is 0 Å². The Balaban J connectivity index is 2.11. The van der Waals surface area contributed by atoms with E-state index in [2.05, 4.69) is 16.0 Å². The topological polar surface area (TPSA) is 43.8 Å². The van der Waals surface area contributed by atoms with Crippen molar-refractivity contribution in [1.29, 1.82) is 0 Å². The van der Waals surface area contributed by atoms with Gasteiger partial charge < -0.3 is 5.73 Å². The van der Waals surface area contributed by atoms with E-state index in [1.54, 1.807) is 0 Å². The van der Waals surface area contributed by atoms with Gasteiger partial charge in [0, 0.05) is 18.3 Å². The second-order valence-corrected chi connectivity index (χ2v) is 3.47. The summed E-state index contributed by atoms with van der Waals surface area (Å²) >= 11 is 0. The third kappa shape index (κ3) is 1.37. The van der Waals surface area contributed by atoms with Gasteiger partial charge in [-0.3, -0.25) is 4.68 Å². The van der Waals surface area contributed by atoms with Crippen molar-refractivity contribution in [3.8, 4) is 0 Å². The van der Waals surface area contributed by atoms with Crippen molar-refractivity contribution in [2.75, 3.05) is 0 Å². The summed E-state index contributed by atoms with van der Waals surface area (Å²) in [5.41, 5.74) is 6.65. The van der Waals surface area contributed by atoms with Crippen molar-refractivity contribution in [2.45, 2.75) is 38.3 Å². The van der Waals surface area contributed by atoms with Crippen molar-refractivity contribution in [3.05, 3.63) is 18.0 Å². The summed E-state index contributed by atoms with van der Waals surface area (Å²) in [4.78, 5) is 0. The molecule has 0 saturated heterocycles. The average molecular weight is 165 g/mol. The number of nitrogens with zero attached hydrogens (tertiary/aromatic N) is 2. The molecule has 2 rings (SSSR count). The molecule has 1 aromatic rings. The molecule has 0 radical (unpaired) electrons. The maximum atomic E-state index is 5.51. The minimum atomic E-state index is 0.604. The standard InChI is InChI=1S/C9H15N3/c10-5-8-6-11-12(7-8)9-3-1-2-4-9/h6-7,9H,1-5,10H2. The zero-order chi connectivity index (χ0) is 8.39. The van der Waals surface area contributed by atoms with E-state index in [-0.39, 0.29) is 0 Å². The smallest absolute Gasteiger partial charge is 0.0534 e. The van der Waals surface area contributed by atoms with Gasteiger partial charge in [0.2, 0.25) is 0 Å². The van der Waals surface area contributed by atoms with Crippen molar-refractivity contribution < 1.29 is 0 Å². The molecular formula is C9H15N3. The van der Waals surface area contributed by atoms with Crippen LogP contribution in [0, 0.1) is 0 Å². The molecule has 0 bridgehead atoms. The largest absolute Gasteiger partial charge is 0.326 e. The summed E-state index contributed by atoms with van der Waals surface area (Å²) in [7, 11) is 0. The van der Waals surface area contributed by atoms with Crippen LogP contribution in [0.5, 0.6) is 0 Å². The maximum absolute atomic E-state index is 5.51. The van der Waals surface area contributed by atoms with E-state index in [0.717, 1.165) is 5.56 Å². The highest BCUT2D eigenvalue weighted by molar-refractivity contribution is 5.03. The van der Waals surface area contributed by atoms with Gasteiger partial charge in [0.1, 0.15) is 0 Å². The fraction of sp³-hybridized carbons (Fsp3) is 0.667. The molecule has 1 aromatic heterocycles. The molecule has 1 saturated carbocycles. The molecule has 3 heteroatoms. The molecule has 1 fully saturated rings. The van der Waals surface area contributed by atoms with Gasteiger partial charge in [0.25, 0.3) is 0 Å². The summed E-state index contributed by atoms with van der Waals surface area (Å²) in [6, 6.07) is 0.644. The third-order valence-electron chi connectivity index (χ3n) is 2.59. The van der Waals surface area contributed by atoms with Crippen LogP contribution >= 0.6 is 0 Å². The monoisotopic (exact) mass is 165 g/mol. The number of rotatable bonds is 2. The van der Waals surface area contributed by atoms with Gasteiger partial charge in [-0.15, -0.1) is 0 Å². The van der Waals surface area contributed by atoms with E-state index in [0.29, 0.717) is 12.6 Å². The molecule has 1 aliphatic rings. The van der Waals surface area contributed by atoms with E-state index in [1.165, 1.54) is 25.7 Å². The molecular weight excluding hydrogens is 150 g/mol. The van der Waals surface area contributed by atoms with Crippen LogP contribution in [-0.2, 0) is 6.54 Å². The minimum absolute atomic E-state index is 0.604. The summed E-state index contributed by atoms with van der Waals surface area (Å²) < 4.78 is 2.08. The first-order valence-corrected chi connectivity index (χ1v) is 4.63. The van der Waals surface area contributed by atoms with Gasteiger partial charge in [-0.05, 0) is 12.8 Å². The van der Waals surface area contributed by atoms with Gasteiger partial charge in [-0.1, -0.05) is 12.8 Å². The van der Waals surface area contributed by atoms with Crippen molar-refractivity contribution in [3.63, 3.8) is 0 Å². The predicted molar refractivity (Wildman–Crippen MR) is 47.6 cm³/mol. The number of hydrogen-bond acceptors (Lipinski definition) is 2. The van der Waals surface area contributed by atoms with E-state index in [1.807, 2.05) is 6.20 Å². The Labute approximate surface area is 72.6 Å². The molecule has 1 aliphatic carbocycles. The molecule has 0 aliphatic heterocycles. The summed E-state index contributed by atoms with van der Waals surface area (Å²) in [5, 5.41) is 4.31. The molecule has 0 spiro atoms. The van der Waals surface area contributed by atoms with Crippen molar-refractivity contribution in [1.82, 2.24) is 9.78 Å². The predicted octanol–water partition coefficient (Wildman–Crippen LogP) is 1.46. The van der Waals surface area contributed by atoms with E-state index in [9.17, 15) is 0 Å². The molecule has 0 amide bonds. The Kier molecular flexibility index (Phi) is 2.13. The molecule has 0 aromatic carbocycles. The normalized spacial score (nSPS) is 18.8. The number of nitrogens with two attached hydrogens (primary N) is 1. The zero-order valence-electron chi connectivity index (χ0n) is 7.24. The quantitative estimate of drug-likeness (QED) is 0.721. The minimum Gasteiger partial charge on any atom is -0.326 e. The highest BCUT2D eigenvalue weighted by Crippen LogP contribution is 2.28. The number of hydrogen-bond donors (Lipinski definition) is 1. The Bertz CT molecular complexity index is 248. The lowest BCUT2D eigenvalue weighted by Crippen LogP contribution is -2.04. The van der Waals surface area contributed by atoms with Gasteiger partial charge in [0.15, 0.2) is 0 Å². The molecule has 0 atom stereocenters. The SMILES string of the molecule is NCc1cnn(C2CCCC2)c1. The fourth-order valence-electron chi connectivity index (χ4n) is 1.85. The second-order valence-electron chi connectivity index (χ2n) is 3.47. The Morgan fingerprint density at radius 2 is 2.25 bits per heavy atom. The zero-order valence-corrected chi connectivity index (χ0v) is 7.24. The summed E-state index contributed by atoms with van der Waals surface area (Å²) in [6.07, 6.45) is 9.22. The molecule has 2 N–H and O–H groups in total. The van der Waals surface area contributed by atoms with Gasteiger partial charge in [-0.2, -0.15) is 5.10 Å². The lowest BCUT2D eigenvalue weighted by molar-refractivity contribution is 0.466. The first-order chi connectivity index (χ1) is 5.90. The van der Waals surface area contributed by atoms with Crippen LogP contribution in [0.15, 0.2) is 12.4 Å². The van der Waals surface area contributed by atoms with Crippen LogP contribution in [0.1, 0.15) is 37.3 Å². The van der Waals surface area contributed by atoms with E-state index in [4.69, 9.17) is 5.73 Å².